The number of unbranched alkanes of at least 4 members (excludes halogenated alkanes) is 34. The minimum Gasteiger partial charge on any atom is -0.463 e. The molecule has 24 nitrogen and oxygen atoms in total. The number of phosphoric ester groups is 1. The number of hydrogen-bond acceptors (Lipinski definition) is 23. The van der Waals surface area contributed by atoms with Gasteiger partial charge < -0.3 is 89.1 Å². The van der Waals surface area contributed by atoms with Crippen LogP contribution in [0.4, 0.5) is 0 Å². The standard InChI is InChI=1S/C70H129O24P/c1-4-7-10-13-16-19-22-25-28-31-34-37-40-43-46-56(74)89-51(48-86-54(72)44-41-38-35-32-29-26-23-20-17-14-11-8-5-2)49-88-95(84,85)94-68-66(92-69-64(82)59(77)57(75)52(47-71)90-69)62(80)61(79)63(81)67(68)93-70-65(83)60(78)58(76)53(91-70)50-87-55(73)45-42-39-36-33-30-27-24-21-18-15-12-9-6-3/h26,29,51-53,57-71,75-83H,4-25,27-28,30-50H2,1-3H3,(H,84,85)/b29-26-. The van der Waals surface area contributed by atoms with Gasteiger partial charge in [0.2, 0.25) is 0 Å². The molecule has 18 atom stereocenters. The van der Waals surface area contributed by atoms with Crippen LogP contribution in [-0.2, 0) is 61.2 Å². The van der Waals surface area contributed by atoms with Gasteiger partial charge in [-0.3, -0.25) is 23.4 Å². The van der Waals surface area contributed by atoms with Gasteiger partial charge >= 0.3 is 25.7 Å². The minimum absolute atomic E-state index is 0.0277. The van der Waals surface area contributed by atoms with Crippen LogP contribution in [0.2, 0.25) is 0 Å². The van der Waals surface area contributed by atoms with E-state index in [-0.39, 0.29) is 19.3 Å². The summed E-state index contributed by atoms with van der Waals surface area (Å²) in [5, 5.41) is 110. The Kier molecular flexibility index (Phi) is 48.2. The van der Waals surface area contributed by atoms with Crippen molar-refractivity contribution in [3.8, 4) is 0 Å². The molecule has 0 bridgehead atoms. The maximum Gasteiger partial charge on any atom is 0.472 e. The second kappa shape index (κ2) is 52.6. The number of aliphatic hydroxyl groups excluding tert-OH is 10. The zero-order valence-electron chi connectivity index (χ0n) is 58.0. The fourth-order valence-electron chi connectivity index (χ4n) is 12.2. The van der Waals surface area contributed by atoms with Crippen molar-refractivity contribution in [3.05, 3.63) is 12.2 Å². The van der Waals surface area contributed by atoms with Gasteiger partial charge in [0.05, 0.1) is 13.2 Å². The summed E-state index contributed by atoms with van der Waals surface area (Å²) < 4.78 is 64.9. The third kappa shape index (κ3) is 36.2. The molecular formula is C70H129O24P. The Bertz CT molecular complexity index is 2020. The van der Waals surface area contributed by atoms with Crippen molar-refractivity contribution in [3.63, 3.8) is 0 Å². The Hall–Kier alpha value is -2.30. The highest BCUT2D eigenvalue weighted by Crippen LogP contribution is 2.49. The van der Waals surface area contributed by atoms with Crippen molar-refractivity contribution >= 4 is 25.7 Å². The summed E-state index contributed by atoms with van der Waals surface area (Å²) in [6.45, 7) is 3.42. The molecule has 558 valence electrons. The molecular weight excluding hydrogens is 1260 g/mol. The molecule has 3 rings (SSSR count). The lowest BCUT2D eigenvalue weighted by atomic mass is 9.84. The highest BCUT2D eigenvalue weighted by molar-refractivity contribution is 7.47. The number of carbonyl (C=O) groups is 3. The molecule has 1 saturated carbocycles. The van der Waals surface area contributed by atoms with E-state index >= 15 is 0 Å². The van der Waals surface area contributed by atoms with Crippen LogP contribution in [0.25, 0.3) is 0 Å². The topological polar surface area (TPSA) is 374 Å². The number of rotatable bonds is 57. The number of hydrogen-bond donors (Lipinski definition) is 11. The third-order valence-electron chi connectivity index (χ3n) is 18.3. The van der Waals surface area contributed by atoms with E-state index in [2.05, 4.69) is 32.9 Å². The summed E-state index contributed by atoms with van der Waals surface area (Å²) in [7, 11) is -5.69. The predicted molar refractivity (Wildman–Crippen MR) is 356 cm³/mol. The van der Waals surface area contributed by atoms with Crippen LogP contribution in [0.3, 0.4) is 0 Å². The van der Waals surface area contributed by atoms with Gasteiger partial charge in [-0.25, -0.2) is 4.57 Å². The van der Waals surface area contributed by atoms with Crippen LogP contribution in [0.1, 0.15) is 284 Å². The van der Waals surface area contributed by atoms with Crippen LogP contribution in [-0.4, -0.2) is 204 Å². The van der Waals surface area contributed by atoms with Gasteiger partial charge in [0.15, 0.2) is 18.7 Å². The molecule has 3 fully saturated rings. The second-order valence-corrected chi connectivity index (χ2v) is 28.1. The van der Waals surface area contributed by atoms with E-state index in [9.17, 15) is 74.9 Å². The van der Waals surface area contributed by atoms with E-state index in [1.165, 1.54) is 128 Å². The van der Waals surface area contributed by atoms with Crippen LogP contribution in [0, 0.1) is 0 Å². The lowest BCUT2D eigenvalue weighted by molar-refractivity contribution is -0.360. The molecule has 25 heteroatoms. The number of ether oxygens (including phenoxy) is 7. The Morgan fingerprint density at radius 2 is 0.737 bits per heavy atom. The van der Waals surface area contributed by atoms with Gasteiger partial charge in [-0.15, -0.1) is 0 Å². The maximum atomic E-state index is 14.3. The summed E-state index contributed by atoms with van der Waals surface area (Å²) in [4.78, 5) is 50.9. The van der Waals surface area contributed by atoms with Gasteiger partial charge in [-0.05, 0) is 44.9 Å². The van der Waals surface area contributed by atoms with E-state index < -0.39 is 156 Å². The summed E-state index contributed by atoms with van der Waals surface area (Å²) in [6, 6.07) is 0. The summed E-state index contributed by atoms with van der Waals surface area (Å²) >= 11 is 0. The Morgan fingerprint density at radius 3 is 1.15 bits per heavy atom. The molecule has 0 aromatic heterocycles. The van der Waals surface area contributed by atoms with E-state index in [1.54, 1.807) is 0 Å². The fourth-order valence-corrected chi connectivity index (χ4v) is 13.2. The first-order valence-electron chi connectivity index (χ1n) is 37.0. The first-order chi connectivity index (χ1) is 45.8. The highest BCUT2D eigenvalue weighted by Gasteiger charge is 2.58. The Morgan fingerprint density at radius 1 is 0.400 bits per heavy atom. The molecule has 2 saturated heterocycles. The lowest BCUT2D eigenvalue weighted by Gasteiger charge is -2.49. The Balaban J connectivity index is 1.75. The molecule has 11 N–H and O–H groups in total. The molecule has 0 aromatic carbocycles. The van der Waals surface area contributed by atoms with Gasteiger partial charge in [0, 0.05) is 19.3 Å². The van der Waals surface area contributed by atoms with Crippen molar-refractivity contribution in [2.24, 2.45) is 0 Å². The molecule has 2 aliphatic heterocycles. The van der Waals surface area contributed by atoms with Crippen LogP contribution in [0.15, 0.2) is 12.2 Å². The quantitative estimate of drug-likeness (QED) is 0.00887. The first kappa shape index (κ1) is 86.9. The predicted octanol–water partition coefficient (Wildman–Crippen LogP) is 9.57. The van der Waals surface area contributed by atoms with Gasteiger partial charge in [0.1, 0.15) is 98.7 Å². The molecule has 95 heavy (non-hydrogen) atoms. The molecule has 18 unspecified atom stereocenters. The van der Waals surface area contributed by atoms with Crippen LogP contribution < -0.4 is 0 Å². The van der Waals surface area contributed by atoms with E-state index in [4.69, 9.17) is 42.2 Å². The summed E-state index contributed by atoms with van der Waals surface area (Å²) in [5.74, 6) is -2.00. The molecule has 0 amide bonds. The molecule has 0 spiro atoms. The average Bonchev–Trinajstić information content (AvgIpc) is 0.765. The summed E-state index contributed by atoms with van der Waals surface area (Å²) in [6.07, 6.45) is 10.1. The van der Waals surface area contributed by atoms with Gasteiger partial charge in [0.25, 0.3) is 0 Å². The first-order valence-corrected chi connectivity index (χ1v) is 38.5. The monoisotopic (exact) mass is 1380 g/mol. The van der Waals surface area contributed by atoms with Crippen molar-refractivity contribution in [1.82, 2.24) is 0 Å². The third-order valence-corrected chi connectivity index (χ3v) is 19.3. The fraction of sp³-hybridized carbons (Fsp3) is 0.929. The zero-order valence-corrected chi connectivity index (χ0v) is 58.9. The number of allylic oxidation sites excluding steroid dienone is 2. The number of aliphatic hydroxyl groups is 10. The molecule has 1 aliphatic carbocycles. The van der Waals surface area contributed by atoms with Crippen molar-refractivity contribution < 1.29 is 117 Å². The smallest absolute Gasteiger partial charge is 0.463 e. The second-order valence-electron chi connectivity index (χ2n) is 26.7. The van der Waals surface area contributed by atoms with Crippen LogP contribution in [0.5, 0.6) is 0 Å². The molecule has 3 aliphatic rings. The van der Waals surface area contributed by atoms with E-state index in [1.807, 2.05) is 0 Å². The van der Waals surface area contributed by atoms with Crippen molar-refractivity contribution in [2.75, 3.05) is 26.4 Å². The number of phosphoric acid groups is 1. The van der Waals surface area contributed by atoms with Crippen LogP contribution >= 0.6 is 7.82 Å². The van der Waals surface area contributed by atoms with Crippen molar-refractivity contribution in [1.29, 1.82) is 0 Å². The van der Waals surface area contributed by atoms with Gasteiger partial charge in [-0.1, -0.05) is 232 Å². The lowest BCUT2D eigenvalue weighted by Crippen LogP contribution is -2.69. The SMILES string of the molecule is CCCCCCCC/C=C\CCCCCC(=O)OCC(COP(=O)(O)OC1C(OC2OC(CO)C(O)C(O)C2O)C(O)C(O)C(O)C1OC1OC(COC(=O)CCCCCCCCCCCCCCC)C(O)C(O)C1O)OC(=O)CCCCCCCCCCCCCCCC. The largest absolute Gasteiger partial charge is 0.472 e. The summed E-state index contributed by atoms with van der Waals surface area (Å²) in [5.41, 5.74) is 0. The van der Waals surface area contributed by atoms with E-state index in [0.717, 1.165) is 96.3 Å². The van der Waals surface area contributed by atoms with Gasteiger partial charge in [-0.2, -0.15) is 0 Å². The highest BCUT2D eigenvalue weighted by atomic mass is 31.2. The Labute approximate surface area is 567 Å². The minimum atomic E-state index is -5.69. The number of esters is 3. The molecule has 0 aromatic rings. The van der Waals surface area contributed by atoms with E-state index in [0.29, 0.717) is 19.3 Å². The molecule has 0 radical (unpaired) electrons. The zero-order chi connectivity index (χ0) is 69.6. The average molecular weight is 1390 g/mol. The number of carbonyl (C=O) groups excluding carboxylic acids is 3. The maximum absolute atomic E-state index is 14.3. The molecule has 2 heterocycles. The normalized spacial score (nSPS) is 28.1. The van der Waals surface area contributed by atoms with Crippen molar-refractivity contribution in [2.45, 2.75) is 388 Å².